The molecule has 1 aromatic carbocycles. The minimum Gasteiger partial charge on any atom is -0.490 e. The molecule has 1 aromatic heterocycles. The first-order valence-electron chi connectivity index (χ1n) is 7.28. The largest absolute Gasteiger partial charge is 0.490 e. The third-order valence-corrected chi connectivity index (χ3v) is 3.80. The van der Waals surface area contributed by atoms with Gasteiger partial charge in [-0.1, -0.05) is 12.1 Å². The first-order valence-corrected chi connectivity index (χ1v) is 8.16. The van der Waals surface area contributed by atoms with Crippen LogP contribution in [-0.4, -0.2) is 19.1 Å². The smallest absolute Gasteiger partial charge is 0.387 e. The van der Waals surface area contributed by atoms with Crippen LogP contribution in [0.2, 0.25) is 0 Å². The fourth-order valence-electron chi connectivity index (χ4n) is 1.91. The lowest BCUT2D eigenvalue weighted by molar-refractivity contribution is -0.116. The van der Waals surface area contributed by atoms with Gasteiger partial charge in [-0.15, -0.1) is 11.3 Å². The van der Waals surface area contributed by atoms with Crippen molar-refractivity contribution in [2.75, 3.05) is 6.61 Å². The van der Waals surface area contributed by atoms with E-state index in [0.29, 0.717) is 18.7 Å². The van der Waals surface area contributed by atoms with Gasteiger partial charge in [-0.05, 0) is 42.1 Å². The van der Waals surface area contributed by atoms with Gasteiger partial charge in [-0.25, -0.2) is 0 Å². The summed E-state index contributed by atoms with van der Waals surface area (Å²) in [5.41, 5.74) is 0.645. The van der Waals surface area contributed by atoms with Crippen molar-refractivity contribution in [2.24, 2.45) is 0 Å². The SMILES string of the molecule is CCOc1cc(/C=C/C(=O)NCc2cccs2)ccc1OC(F)F. The number of hydrogen-bond donors (Lipinski definition) is 1. The van der Waals surface area contributed by atoms with E-state index < -0.39 is 6.61 Å². The summed E-state index contributed by atoms with van der Waals surface area (Å²) in [4.78, 5) is 12.8. The first kappa shape index (κ1) is 17.9. The third-order valence-electron chi connectivity index (χ3n) is 2.93. The molecule has 0 aliphatic rings. The summed E-state index contributed by atoms with van der Waals surface area (Å²) in [5.74, 6) is -0.0700. The van der Waals surface area contributed by atoms with Crippen LogP contribution in [-0.2, 0) is 11.3 Å². The van der Waals surface area contributed by atoms with Crippen LogP contribution in [0, 0.1) is 0 Å². The van der Waals surface area contributed by atoms with Gasteiger partial charge in [-0.3, -0.25) is 4.79 Å². The molecule has 0 spiro atoms. The normalized spacial score (nSPS) is 11.0. The number of carbonyl (C=O) groups is 1. The maximum atomic E-state index is 12.4. The number of amides is 1. The van der Waals surface area contributed by atoms with Gasteiger partial charge in [0.25, 0.3) is 0 Å². The monoisotopic (exact) mass is 353 g/mol. The molecular formula is C17H17F2NO3S. The predicted molar refractivity (Wildman–Crippen MR) is 89.4 cm³/mol. The van der Waals surface area contributed by atoms with Crippen molar-refractivity contribution < 1.29 is 23.0 Å². The number of alkyl halides is 2. The summed E-state index contributed by atoms with van der Waals surface area (Å²) in [6, 6.07) is 8.36. The highest BCUT2D eigenvalue weighted by atomic mass is 32.1. The van der Waals surface area contributed by atoms with Crippen LogP contribution in [0.3, 0.4) is 0 Å². The predicted octanol–water partition coefficient (Wildman–Crippen LogP) is 4.08. The van der Waals surface area contributed by atoms with Crippen molar-refractivity contribution in [1.82, 2.24) is 5.32 Å². The standard InChI is InChI=1S/C17H17F2NO3S/c1-2-22-15-10-12(5-7-14(15)23-17(18)19)6-8-16(21)20-11-13-4-3-9-24-13/h3-10,17H,2,11H2,1H3,(H,20,21)/b8-6+. The summed E-state index contributed by atoms with van der Waals surface area (Å²) in [6.07, 6.45) is 2.96. The molecule has 0 saturated heterocycles. The summed E-state index contributed by atoms with van der Waals surface area (Å²) in [7, 11) is 0. The molecule has 0 aliphatic carbocycles. The zero-order valence-corrected chi connectivity index (χ0v) is 13.8. The van der Waals surface area contributed by atoms with E-state index in [1.165, 1.54) is 12.1 Å². The lowest BCUT2D eigenvalue weighted by atomic mass is 10.2. The average molecular weight is 353 g/mol. The van der Waals surface area contributed by atoms with Crippen LogP contribution in [0.5, 0.6) is 11.5 Å². The van der Waals surface area contributed by atoms with Crippen LogP contribution in [0.25, 0.3) is 6.08 Å². The highest BCUT2D eigenvalue weighted by Gasteiger charge is 2.11. The quantitative estimate of drug-likeness (QED) is 0.728. The molecule has 0 saturated carbocycles. The fraction of sp³-hybridized carbons (Fsp3) is 0.235. The van der Waals surface area contributed by atoms with E-state index in [1.807, 2.05) is 17.5 Å². The Morgan fingerprint density at radius 2 is 2.17 bits per heavy atom. The van der Waals surface area contributed by atoms with Crippen LogP contribution in [0.4, 0.5) is 8.78 Å². The topological polar surface area (TPSA) is 47.6 Å². The number of hydrogen-bond acceptors (Lipinski definition) is 4. The van der Waals surface area contributed by atoms with Gasteiger partial charge in [0.1, 0.15) is 0 Å². The molecule has 0 aliphatic heterocycles. The van der Waals surface area contributed by atoms with E-state index in [9.17, 15) is 13.6 Å². The Bertz CT molecular complexity index is 687. The Morgan fingerprint density at radius 3 is 2.83 bits per heavy atom. The molecule has 7 heteroatoms. The number of rotatable bonds is 8. The molecule has 0 fully saturated rings. The van der Waals surface area contributed by atoms with Crippen LogP contribution in [0.1, 0.15) is 17.4 Å². The molecular weight excluding hydrogens is 336 g/mol. The molecule has 128 valence electrons. The fourth-order valence-corrected chi connectivity index (χ4v) is 2.55. The summed E-state index contributed by atoms with van der Waals surface area (Å²) in [5, 5.41) is 4.70. The van der Waals surface area contributed by atoms with Gasteiger partial charge in [0.05, 0.1) is 13.2 Å². The molecule has 0 bridgehead atoms. The Kier molecular flexibility index (Phi) is 6.74. The van der Waals surface area contributed by atoms with Crippen LogP contribution < -0.4 is 14.8 Å². The molecule has 1 amide bonds. The van der Waals surface area contributed by atoms with Gasteiger partial charge in [-0.2, -0.15) is 8.78 Å². The molecule has 0 atom stereocenters. The van der Waals surface area contributed by atoms with Crippen molar-refractivity contribution in [3.05, 3.63) is 52.2 Å². The van der Waals surface area contributed by atoms with Crippen molar-refractivity contribution >= 4 is 23.3 Å². The van der Waals surface area contributed by atoms with Gasteiger partial charge >= 0.3 is 6.61 Å². The second-order valence-electron chi connectivity index (χ2n) is 4.65. The van der Waals surface area contributed by atoms with Crippen molar-refractivity contribution in [3.63, 3.8) is 0 Å². The Morgan fingerprint density at radius 1 is 1.33 bits per heavy atom. The number of benzene rings is 1. The number of nitrogens with one attached hydrogen (secondary N) is 1. The molecule has 1 N–H and O–H groups in total. The van der Waals surface area contributed by atoms with Gasteiger partial charge in [0, 0.05) is 11.0 Å². The number of ether oxygens (including phenoxy) is 2. The minimum atomic E-state index is -2.92. The maximum Gasteiger partial charge on any atom is 0.387 e. The lowest BCUT2D eigenvalue weighted by Crippen LogP contribution is -2.19. The number of thiophene rings is 1. The number of halogens is 2. The number of carbonyl (C=O) groups excluding carboxylic acids is 1. The molecule has 2 rings (SSSR count). The zero-order valence-electron chi connectivity index (χ0n) is 13.0. The Labute approximate surface area is 142 Å². The van der Waals surface area contributed by atoms with E-state index in [-0.39, 0.29) is 17.4 Å². The lowest BCUT2D eigenvalue weighted by Gasteiger charge is -2.11. The highest BCUT2D eigenvalue weighted by Crippen LogP contribution is 2.30. The highest BCUT2D eigenvalue weighted by molar-refractivity contribution is 7.09. The summed E-state index contributed by atoms with van der Waals surface area (Å²) < 4.78 is 34.4. The van der Waals surface area contributed by atoms with Crippen LogP contribution in [0.15, 0.2) is 41.8 Å². The van der Waals surface area contributed by atoms with Gasteiger partial charge in [0.2, 0.25) is 5.91 Å². The van der Waals surface area contributed by atoms with Crippen molar-refractivity contribution in [1.29, 1.82) is 0 Å². The molecule has 0 radical (unpaired) electrons. The summed E-state index contributed by atoms with van der Waals surface area (Å²) in [6.45, 7) is -0.402. The average Bonchev–Trinajstić information content (AvgIpc) is 3.06. The van der Waals surface area contributed by atoms with E-state index in [1.54, 1.807) is 36.5 Å². The van der Waals surface area contributed by atoms with Gasteiger partial charge < -0.3 is 14.8 Å². The molecule has 24 heavy (non-hydrogen) atoms. The molecule has 4 nitrogen and oxygen atoms in total. The van der Waals surface area contributed by atoms with Gasteiger partial charge in [0.15, 0.2) is 11.5 Å². The van der Waals surface area contributed by atoms with Crippen molar-refractivity contribution in [3.8, 4) is 11.5 Å². The Balaban J connectivity index is 1.99. The minimum absolute atomic E-state index is 0.0360. The maximum absolute atomic E-state index is 12.4. The molecule has 2 aromatic rings. The van der Waals surface area contributed by atoms with E-state index >= 15 is 0 Å². The van der Waals surface area contributed by atoms with Crippen molar-refractivity contribution in [2.45, 2.75) is 20.1 Å². The van der Waals surface area contributed by atoms with E-state index in [2.05, 4.69) is 10.1 Å². The van der Waals surface area contributed by atoms with E-state index in [4.69, 9.17) is 4.74 Å². The van der Waals surface area contributed by atoms with Crippen LogP contribution >= 0.6 is 11.3 Å². The summed E-state index contributed by atoms with van der Waals surface area (Å²) >= 11 is 1.56. The molecule has 1 heterocycles. The van der Waals surface area contributed by atoms with E-state index in [0.717, 1.165) is 4.88 Å². The second-order valence-corrected chi connectivity index (χ2v) is 5.68. The Hall–Kier alpha value is -2.41. The third kappa shape index (κ3) is 5.66. The second kappa shape index (κ2) is 9.02. The zero-order chi connectivity index (χ0) is 17.4. The first-order chi connectivity index (χ1) is 11.6. The molecule has 0 unspecified atom stereocenters.